The molecule has 2 aliphatic heterocycles. The van der Waals surface area contributed by atoms with Gasteiger partial charge in [0.2, 0.25) is 15.9 Å². The number of likely N-dealkylation sites (tertiary alicyclic amines) is 1. The summed E-state index contributed by atoms with van der Waals surface area (Å²) in [5.74, 6) is -1.01. The molecule has 3 aromatic carbocycles. The molecule has 5 rings (SSSR count). The van der Waals surface area contributed by atoms with Crippen molar-refractivity contribution < 1.29 is 18.0 Å². The topological polar surface area (TPSA) is 102 Å². The van der Waals surface area contributed by atoms with Gasteiger partial charge in [0.15, 0.2) is 0 Å². The summed E-state index contributed by atoms with van der Waals surface area (Å²) in [6.45, 7) is 9.51. The Kier molecular flexibility index (Phi) is 8.33. The first-order valence-electron chi connectivity index (χ1n) is 14.3. The van der Waals surface area contributed by atoms with Crippen molar-refractivity contribution in [3.63, 3.8) is 0 Å². The molecule has 2 amide bonds. The van der Waals surface area contributed by atoms with Crippen molar-refractivity contribution in [2.45, 2.75) is 70.5 Å². The Labute approximate surface area is 248 Å². The van der Waals surface area contributed by atoms with Crippen LogP contribution >= 0.6 is 0 Å². The van der Waals surface area contributed by atoms with Gasteiger partial charge in [0.05, 0.1) is 28.6 Å². The Morgan fingerprint density at radius 1 is 0.905 bits per heavy atom. The van der Waals surface area contributed by atoms with Gasteiger partial charge in [-0.1, -0.05) is 36.4 Å². The number of carbonyl (C=O) groups excluding carboxylic acids is 2. The largest absolute Gasteiger partial charge is 0.299 e. The molecule has 1 atom stereocenters. The highest BCUT2D eigenvalue weighted by molar-refractivity contribution is 7.89. The number of anilines is 1. The van der Waals surface area contributed by atoms with Gasteiger partial charge < -0.3 is 0 Å². The predicted molar refractivity (Wildman–Crippen MR) is 161 cm³/mol. The highest BCUT2D eigenvalue weighted by Crippen LogP contribution is 2.37. The molecule has 0 spiro atoms. The molecule has 2 heterocycles. The molecule has 2 saturated heterocycles. The maximum absolute atomic E-state index is 14.7. The molecule has 0 bridgehead atoms. The van der Waals surface area contributed by atoms with E-state index < -0.39 is 33.9 Å². The number of nitriles is 1. The average molecular weight is 585 g/mol. The molecule has 9 heteroatoms. The minimum Gasteiger partial charge on any atom is -0.299 e. The molecule has 42 heavy (non-hydrogen) atoms. The molecular weight excluding hydrogens is 548 g/mol. The van der Waals surface area contributed by atoms with Crippen LogP contribution in [-0.4, -0.2) is 54.6 Å². The van der Waals surface area contributed by atoms with E-state index in [1.165, 1.54) is 9.87 Å². The normalized spacial score (nSPS) is 18.6. The van der Waals surface area contributed by atoms with E-state index in [9.17, 15) is 18.0 Å². The Morgan fingerprint density at radius 3 is 2.07 bits per heavy atom. The van der Waals surface area contributed by atoms with E-state index >= 15 is 0 Å². The summed E-state index contributed by atoms with van der Waals surface area (Å²) in [5, 5.41) is 9.17. The Morgan fingerprint density at radius 2 is 1.50 bits per heavy atom. The predicted octanol–water partition coefficient (Wildman–Crippen LogP) is 4.78. The average Bonchev–Trinajstić information content (AvgIpc) is 3.26. The molecule has 0 aromatic heterocycles. The first-order valence-corrected chi connectivity index (χ1v) is 15.7. The number of nitrogens with zero attached hydrogens (tertiary/aromatic N) is 4. The number of carbonyl (C=O) groups is 2. The van der Waals surface area contributed by atoms with Crippen molar-refractivity contribution in [3.8, 4) is 6.07 Å². The highest BCUT2D eigenvalue weighted by Gasteiger charge is 2.50. The lowest BCUT2D eigenvalue weighted by atomic mass is 10.0. The molecule has 8 nitrogen and oxygen atoms in total. The van der Waals surface area contributed by atoms with Crippen LogP contribution in [0, 0.1) is 39.0 Å². The number of rotatable bonds is 7. The molecule has 2 aliphatic rings. The van der Waals surface area contributed by atoms with Crippen LogP contribution in [0.15, 0.2) is 65.6 Å². The smallest absolute Gasteiger partial charge is 0.252 e. The van der Waals surface area contributed by atoms with Gasteiger partial charge in [-0.15, -0.1) is 0 Å². The van der Waals surface area contributed by atoms with Crippen molar-refractivity contribution in [2.24, 2.45) is 0 Å². The second-order valence-corrected chi connectivity index (χ2v) is 13.1. The monoisotopic (exact) mass is 584 g/mol. The third-order valence-electron chi connectivity index (χ3n) is 8.68. The van der Waals surface area contributed by atoms with E-state index in [1.54, 1.807) is 38.1 Å². The van der Waals surface area contributed by atoms with Gasteiger partial charge in [-0.05, 0) is 92.6 Å². The fourth-order valence-corrected chi connectivity index (χ4v) is 8.65. The zero-order chi connectivity index (χ0) is 30.2. The second-order valence-electron chi connectivity index (χ2n) is 11.4. The lowest BCUT2D eigenvalue weighted by molar-refractivity contribution is -0.122. The maximum Gasteiger partial charge on any atom is 0.252 e. The SMILES string of the molecule is Cc1cc(C)c(C)c(S(=O)(=O)N(C2CCN(Cc3ccccc3)CC2)C2CC(=O)N(c3ccc(C#N)cc3)C2=O)c1C. The molecule has 0 saturated carbocycles. The lowest BCUT2D eigenvalue weighted by Crippen LogP contribution is -2.54. The summed E-state index contributed by atoms with van der Waals surface area (Å²) in [5.41, 5.74) is 4.97. The van der Waals surface area contributed by atoms with Gasteiger partial charge in [0, 0.05) is 25.7 Å². The Hall–Kier alpha value is -3.84. The van der Waals surface area contributed by atoms with Crippen molar-refractivity contribution in [1.82, 2.24) is 9.21 Å². The minimum atomic E-state index is -4.17. The number of hydrogen-bond donors (Lipinski definition) is 0. The van der Waals surface area contributed by atoms with Crippen LogP contribution in [0.4, 0.5) is 5.69 Å². The number of sulfonamides is 1. The van der Waals surface area contributed by atoms with Crippen LogP contribution in [0.1, 0.15) is 52.6 Å². The molecule has 0 radical (unpaired) electrons. The third kappa shape index (κ3) is 5.50. The van der Waals surface area contributed by atoms with Crippen molar-refractivity contribution in [3.05, 3.63) is 94.0 Å². The number of imide groups is 1. The summed E-state index contributed by atoms with van der Waals surface area (Å²) in [6, 6.07) is 18.8. The molecule has 0 aliphatic carbocycles. The second kappa shape index (κ2) is 11.8. The molecule has 3 aromatic rings. The standard InChI is InChI=1S/C33H36N4O4S/c1-22-18-23(2)25(4)32(24(22)3)42(40,41)37(29-14-16-35(17-15-29)21-27-8-6-5-7-9-27)30-19-31(38)36(33(30)39)28-12-10-26(20-34)11-13-28/h5-13,18,29-30H,14-17,19,21H2,1-4H3. The number of piperidine rings is 1. The van der Waals surface area contributed by atoms with Gasteiger partial charge in [0.1, 0.15) is 6.04 Å². The summed E-state index contributed by atoms with van der Waals surface area (Å²) < 4.78 is 30.8. The van der Waals surface area contributed by atoms with Crippen LogP contribution in [0.2, 0.25) is 0 Å². The zero-order valence-electron chi connectivity index (χ0n) is 24.5. The number of hydrogen-bond acceptors (Lipinski definition) is 6. The van der Waals surface area contributed by atoms with Gasteiger partial charge in [-0.25, -0.2) is 13.3 Å². The first kappa shape index (κ1) is 29.6. The van der Waals surface area contributed by atoms with E-state index in [4.69, 9.17) is 5.26 Å². The highest BCUT2D eigenvalue weighted by atomic mass is 32.2. The van der Waals surface area contributed by atoms with E-state index in [1.807, 2.05) is 44.2 Å². The fraction of sp³-hybridized carbons (Fsp3) is 0.364. The summed E-state index contributed by atoms with van der Waals surface area (Å²) in [7, 11) is -4.17. The van der Waals surface area contributed by atoms with E-state index in [0.717, 1.165) is 22.6 Å². The van der Waals surface area contributed by atoms with Gasteiger partial charge in [-0.2, -0.15) is 9.57 Å². The van der Waals surface area contributed by atoms with Crippen LogP contribution in [-0.2, 0) is 26.2 Å². The van der Waals surface area contributed by atoms with Crippen molar-refractivity contribution in [1.29, 1.82) is 5.26 Å². The number of aryl methyl sites for hydroxylation is 2. The van der Waals surface area contributed by atoms with Gasteiger partial charge in [-0.3, -0.25) is 14.5 Å². The minimum absolute atomic E-state index is 0.226. The van der Waals surface area contributed by atoms with Crippen LogP contribution in [0.5, 0.6) is 0 Å². The summed E-state index contributed by atoms with van der Waals surface area (Å²) in [6.07, 6.45) is 0.860. The Balaban J connectivity index is 1.51. The third-order valence-corrected chi connectivity index (χ3v) is 10.9. The zero-order valence-corrected chi connectivity index (χ0v) is 25.3. The Bertz CT molecular complexity index is 1630. The van der Waals surface area contributed by atoms with Crippen molar-refractivity contribution in [2.75, 3.05) is 18.0 Å². The van der Waals surface area contributed by atoms with Crippen molar-refractivity contribution >= 4 is 27.5 Å². The van der Waals surface area contributed by atoms with Gasteiger partial charge >= 0.3 is 0 Å². The fourth-order valence-electron chi connectivity index (χ4n) is 6.24. The van der Waals surface area contributed by atoms with Crippen LogP contribution in [0.3, 0.4) is 0 Å². The summed E-state index contributed by atoms with van der Waals surface area (Å²) >= 11 is 0. The molecule has 2 fully saturated rings. The lowest BCUT2D eigenvalue weighted by Gasteiger charge is -2.40. The molecule has 218 valence electrons. The van der Waals surface area contributed by atoms with E-state index in [2.05, 4.69) is 17.0 Å². The summed E-state index contributed by atoms with van der Waals surface area (Å²) in [4.78, 5) is 30.9. The van der Waals surface area contributed by atoms with Gasteiger partial charge in [0.25, 0.3) is 5.91 Å². The molecular formula is C33H36N4O4S. The van der Waals surface area contributed by atoms with Crippen LogP contribution in [0.25, 0.3) is 0 Å². The quantitative estimate of drug-likeness (QED) is 0.371. The van der Waals surface area contributed by atoms with E-state index in [-0.39, 0.29) is 11.3 Å². The first-order chi connectivity index (χ1) is 20.0. The number of amides is 2. The number of benzene rings is 3. The molecule has 0 N–H and O–H groups in total. The molecule has 1 unspecified atom stereocenters. The maximum atomic E-state index is 14.7. The van der Waals surface area contributed by atoms with Crippen LogP contribution < -0.4 is 4.90 Å². The van der Waals surface area contributed by atoms with E-state index in [0.29, 0.717) is 48.3 Å².